The van der Waals surface area contributed by atoms with Crippen molar-refractivity contribution in [2.75, 3.05) is 39.4 Å². The van der Waals surface area contributed by atoms with Gasteiger partial charge in [-0.05, 0) is 31.3 Å². The van der Waals surface area contributed by atoms with Gasteiger partial charge in [-0.25, -0.2) is 4.98 Å². The lowest BCUT2D eigenvalue weighted by molar-refractivity contribution is 0.0707. The van der Waals surface area contributed by atoms with E-state index in [1.54, 1.807) is 11.3 Å². The van der Waals surface area contributed by atoms with Crippen molar-refractivity contribution >= 4 is 22.7 Å². The Morgan fingerprint density at radius 1 is 1.21 bits per heavy atom. The van der Waals surface area contributed by atoms with Crippen LogP contribution in [0, 0.1) is 12.3 Å². The molecule has 6 heteroatoms. The zero-order chi connectivity index (χ0) is 16.4. The molecular formula is C18H25N3OS2. The van der Waals surface area contributed by atoms with Crippen LogP contribution >= 0.6 is 22.7 Å². The first kappa shape index (κ1) is 16.7. The van der Waals surface area contributed by atoms with E-state index in [4.69, 9.17) is 4.74 Å². The second-order valence-electron chi connectivity index (χ2n) is 7.16. The van der Waals surface area contributed by atoms with Gasteiger partial charge in [-0.1, -0.05) is 6.07 Å². The predicted molar refractivity (Wildman–Crippen MR) is 99.6 cm³/mol. The zero-order valence-electron chi connectivity index (χ0n) is 14.2. The second kappa shape index (κ2) is 7.22. The van der Waals surface area contributed by atoms with Gasteiger partial charge in [0.15, 0.2) is 0 Å². The first-order valence-corrected chi connectivity index (χ1v) is 10.4. The molecule has 0 bridgehead atoms. The lowest BCUT2D eigenvalue weighted by Crippen LogP contribution is -2.40. The van der Waals surface area contributed by atoms with Crippen LogP contribution in [-0.4, -0.2) is 54.2 Å². The quantitative estimate of drug-likeness (QED) is 0.834. The highest BCUT2D eigenvalue weighted by Gasteiger charge is 2.41. The third-order valence-electron chi connectivity index (χ3n) is 5.05. The molecule has 0 N–H and O–H groups in total. The third kappa shape index (κ3) is 3.89. The third-order valence-corrected chi connectivity index (χ3v) is 6.73. The van der Waals surface area contributed by atoms with Gasteiger partial charge in [-0.2, -0.15) is 0 Å². The van der Waals surface area contributed by atoms with Crippen molar-refractivity contribution in [2.24, 2.45) is 5.41 Å². The molecule has 0 saturated carbocycles. The molecule has 0 unspecified atom stereocenters. The Bertz CT molecular complexity index is 657. The van der Waals surface area contributed by atoms with Gasteiger partial charge in [0, 0.05) is 48.4 Å². The molecule has 2 aromatic rings. The summed E-state index contributed by atoms with van der Waals surface area (Å²) < 4.78 is 6.01. The molecule has 24 heavy (non-hydrogen) atoms. The van der Waals surface area contributed by atoms with Crippen LogP contribution in [-0.2, 0) is 17.8 Å². The van der Waals surface area contributed by atoms with Crippen LogP contribution in [0.2, 0.25) is 0 Å². The fourth-order valence-electron chi connectivity index (χ4n) is 3.96. The number of hydrogen-bond acceptors (Lipinski definition) is 6. The standard InChI is InChI=1S/C18H25N3OS2/c1-15-19-16(11-24-15)9-21-6-7-22-14-18(13-21)4-5-20(12-18)10-17-3-2-8-23-17/h2-3,8,11H,4-7,9-10,12-14H2,1H3/t18-/m0/s1. The minimum absolute atomic E-state index is 0.291. The smallest absolute Gasteiger partial charge is 0.0897 e. The topological polar surface area (TPSA) is 28.6 Å². The molecule has 4 rings (SSSR count). The highest BCUT2D eigenvalue weighted by Crippen LogP contribution is 2.35. The van der Waals surface area contributed by atoms with Gasteiger partial charge in [0.2, 0.25) is 0 Å². The van der Waals surface area contributed by atoms with Crippen molar-refractivity contribution in [2.45, 2.75) is 26.4 Å². The Morgan fingerprint density at radius 2 is 2.08 bits per heavy atom. The van der Waals surface area contributed by atoms with Crippen molar-refractivity contribution in [1.82, 2.24) is 14.8 Å². The Kier molecular flexibility index (Phi) is 5.01. The van der Waals surface area contributed by atoms with E-state index in [1.165, 1.54) is 23.5 Å². The van der Waals surface area contributed by atoms with Crippen molar-refractivity contribution < 1.29 is 4.74 Å². The molecule has 0 amide bonds. The molecule has 2 saturated heterocycles. The molecular weight excluding hydrogens is 338 g/mol. The fraction of sp³-hybridized carbons (Fsp3) is 0.611. The molecule has 0 radical (unpaired) electrons. The van der Waals surface area contributed by atoms with Crippen molar-refractivity contribution in [1.29, 1.82) is 0 Å². The largest absolute Gasteiger partial charge is 0.379 e. The molecule has 2 aliphatic rings. The van der Waals surface area contributed by atoms with Crippen LogP contribution in [0.25, 0.3) is 0 Å². The summed E-state index contributed by atoms with van der Waals surface area (Å²) in [5, 5.41) is 5.53. The number of aromatic nitrogens is 1. The zero-order valence-corrected chi connectivity index (χ0v) is 15.9. The highest BCUT2D eigenvalue weighted by molar-refractivity contribution is 7.10. The summed E-state index contributed by atoms with van der Waals surface area (Å²) in [4.78, 5) is 11.3. The minimum atomic E-state index is 0.291. The van der Waals surface area contributed by atoms with E-state index in [0.29, 0.717) is 5.41 Å². The van der Waals surface area contributed by atoms with Gasteiger partial charge < -0.3 is 4.74 Å². The number of ether oxygens (including phenoxy) is 1. The van der Waals surface area contributed by atoms with E-state index < -0.39 is 0 Å². The number of likely N-dealkylation sites (tertiary alicyclic amines) is 1. The summed E-state index contributed by atoms with van der Waals surface area (Å²) >= 11 is 3.61. The molecule has 0 aliphatic carbocycles. The van der Waals surface area contributed by atoms with Gasteiger partial charge in [0.25, 0.3) is 0 Å². The van der Waals surface area contributed by atoms with Crippen molar-refractivity contribution in [3.63, 3.8) is 0 Å². The number of nitrogens with zero attached hydrogens (tertiary/aromatic N) is 3. The van der Waals surface area contributed by atoms with Crippen LogP contribution in [0.5, 0.6) is 0 Å². The molecule has 2 fully saturated rings. The summed E-state index contributed by atoms with van der Waals surface area (Å²) in [5.74, 6) is 0. The maximum Gasteiger partial charge on any atom is 0.0897 e. The number of rotatable bonds is 4. The number of aryl methyl sites for hydroxylation is 1. The van der Waals surface area contributed by atoms with Crippen LogP contribution in [0.4, 0.5) is 0 Å². The molecule has 2 aliphatic heterocycles. The Morgan fingerprint density at radius 3 is 2.83 bits per heavy atom. The summed E-state index contributed by atoms with van der Waals surface area (Å²) in [6, 6.07) is 4.40. The fourth-order valence-corrected chi connectivity index (χ4v) is 5.31. The lowest BCUT2D eigenvalue weighted by atomic mass is 9.87. The Hall–Kier alpha value is -0.790. The van der Waals surface area contributed by atoms with E-state index in [0.717, 1.165) is 50.9 Å². The van der Waals surface area contributed by atoms with Gasteiger partial charge in [0.05, 0.1) is 23.9 Å². The molecule has 130 valence electrons. The van der Waals surface area contributed by atoms with E-state index in [1.807, 2.05) is 11.3 Å². The van der Waals surface area contributed by atoms with Crippen LogP contribution in [0.15, 0.2) is 22.9 Å². The van der Waals surface area contributed by atoms with Crippen LogP contribution in [0.1, 0.15) is 22.0 Å². The molecule has 1 spiro atoms. The van der Waals surface area contributed by atoms with E-state index in [-0.39, 0.29) is 0 Å². The number of thiophene rings is 1. The van der Waals surface area contributed by atoms with Gasteiger partial charge in [0.1, 0.15) is 0 Å². The second-order valence-corrected chi connectivity index (χ2v) is 9.26. The molecule has 4 nitrogen and oxygen atoms in total. The summed E-state index contributed by atoms with van der Waals surface area (Å²) in [7, 11) is 0. The van der Waals surface area contributed by atoms with Gasteiger partial charge >= 0.3 is 0 Å². The minimum Gasteiger partial charge on any atom is -0.379 e. The summed E-state index contributed by atoms with van der Waals surface area (Å²) in [6.45, 7) is 10.4. The first-order chi connectivity index (χ1) is 11.7. The Labute approximate surface area is 152 Å². The summed E-state index contributed by atoms with van der Waals surface area (Å²) in [6.07, 6.45) is 1.24. The average molecular weight is 364 g/mol. The monoisotopic (exact) mass is 363 g/mol. The molecule has 1 atom stereocenters. The lowest BCUT2D eigenvalue weighted by Gasteiger charge is -2.31. The molecule has 2 aromatic heterocycles. The van der Waals surface area contributed by atoms with Crippen molar-refractivity contribution in [3.05, 3.63) is 38.5 Å². The number of thiazole rings is 1. The van der Waals surface area contributed by atoms with E-state index >= 15 is 0 Å². The number of hydrogen-bond donors (Lipinski definition) is 0. The van der Waals surface area contributed by atoms with Gasteiger partial charge in [-0.15, -0.1) is 22.7 Å². The molecule has 4 heterocycles. The van der Waals surface area contributed by atoms with Crippen molar-refractivity contribution in [3.8, 4) is 0 Å². The maximum atomic E-state index is 6.01. The van der Waals surface area contributed by atoms with E-state index in [9.17, 15) is 0 Å². The van der Waals surface area contributed by atoms with Crippen LogP contribution in [0.3, 0.4) is 0 Å². The predicted octanol–water partition coefficient (Wildman–Crippen LogP) is 3.24. The molecule has 0 aromatic carbocycles. The first-order valence-electron chi connectivity index (χ1n) is 8.67. The maximum absolute atomic E-state index is 6.01. The van der Waals surface area contributed by atoms with Gasteiger partial charge in [-0.3, -0.25) is 9.80 Å². The van der Waals surface area contributed by atoms with Crippen LogP contribution < -0.4 is 0 Å². The normalized spacial score (nSPS) is 26.2. The van der Waals surface area contributed by atoms with E-state index in [2.05, 4.69) is 44.6 Å². The summed E-state index contributed by atoms with van der Waals surface area (Å²) in [5.41, 5.74) is 1.50. The highest BCUT2D eigenvalue weighted by atomic mass is 32.1. The average Bonchev–Trinajstić information content (AvgIpc) is 3.25. The SMILES string of the molecule is Cc1nc(CN2CCOC[C@]3(CCN(Cc4cccs4)C3)C2)cs1. The Balaban J connectivity index is 1.40.